The maximum atomic E-state index is 12.9. The summed E-state index contributed by atoms with van der Waals surface area (Å²) in [6.07, 6.45) is 1.46. The predicted octanol–water partition coefficient (Wildman–Crippen LogP) is 2.45. The van der Waals surface area contributed by atoms with Crippen molar-refractivity contribution < 1.29 is 14.4 Å². The van der Waals surface area contributed by atoms with Crippen molar-refractivity contribution in [3.63, 3.8) is 0 Å². The van der Waals surface area contributed by atoms with Crippen molar-refractivity contribution >= 4 is 17.8 Å². The van der Waals surface area contributed by atoms with Crippen molar-refractivity contribution in [2.24, 2.45) is 5.73 Å². The molecule has 4 amide bonds. The van der Waals surface area contributed by atoms with Gasteiger partial charge in [0.15, 0.2) is 0 Å². The first-order valence-corrected chi connectivity index (χ1v) is 8.63. The van der Waals surface area contributed by atoms with Gasteiger partial charge >= 0.3 is 6.03 Å². The SMILES string of the molecule is NC(=O)c1cccc(CN2C(=O)[C@@H]3CC[C@H](c4ccccc4)N3C2=O)c1. The van der Waals surface area contributed by atoms with Crippen LogP contribution in [0, 0.1) is 0 Å². The van der Waals surface area contributed by atoms with E-state index in [1.807, 2.05) is 30.3 Å². The van der Waals surface area contributed by atoms with Gasteiger partial charge in [-0.15, -0.1) is 0 Å². The summed E-state index contributed by atoms with van der Waals surface area (Å²) < 4.78 is 0. The van der Waals surface area contributed by atoms with Gasteiger partial charge < -0.3 is 10.6 Å². The zero-order valence-corrected chi connectivity index (χ0v) is 14.2. The first-order valence-electron chi connectivity index (χ1n) is 8.63. The topological polar surface area (TPSA) is 83.7 Å². The number of carbonyl (C=O) groups is 3. The molecule has 2 atom stereocenters. The number of amides is 4. The highest BCUT2D eigenvalue weighted by atomic mass is 16.2. The third kappa shape index (κ3) is 2.63. The van der Waals surface area contributed by atoms with E-state index in [2.05, 4.69) is 0 Å². The fraction of sp³-hybridized carbons (Fsp3) is 0.250. The second-order valence-electron chi connectivity index (χ2n) is 6.70. The van der Waals surface area contributed by atoms with Gasteiger partial charge in [-0.1, -0.05) is 42.5 Å². The lowest BCUT2D eigenvalue weighted by atomic mass is 10.0. The highest BCUT2D eigenvalue weighted by molar-refractivity contribution is 6.04. The second-order valence-corrected chi connectivity index (χ2v) is 6.70. The highest BCUT2D eigenvalue weighted by Crippen LogP contribution is 2.41. The number of rotatable bonds is 4. The molecule has 0 aliphatic carbocycles. The van der Waals surface area contributed by atoms with E-state index in [1.54, 1.807) is 29.2 Å². The molecule has 0 radical (unpaired) electrons. The average Bonchev–Trinajstić information content (AvgIpc) is 3.19. The lowest BCUT2D eigenvalue weighted by Crippen LogP contribution is -2.34. The molecule has 2 aromatic carbocycles. The number of nitrogens with two attached hydrogens (primary N) is 1. The molecular weight excluding hydrogens is 330 g/mol. The van der Waals surface area contributed by atoms with Crippen LogP contribution in [0.3, 0.4) is 0 Å². The summed E-state index contributed by atoms with van der Waals surface area (Å²) in [4.78, 5) is 40.0. The van der Waals surface area contributed by atoms with Gasteiger partial charge in [-0.3, -0.25) is 14.5 Å². The Kier molecular flexibility index (Phi) is 3.95. The Hall–Kier alpha value is -3.15. The van der Waals surface area contributed by atoms with Gasteiger partial charge in [0.25, 0.3) is 5.91 Å². The second kappa shape index (κ2) is 6.29. The number of benzene rings is 2. The standard InChI is InChI=1S/C20H19N3O3/c21-18(24)15-8-4-5-13(11-15)12-22-19(25)17-10-9-16(23(17)20(22)26)14-6-2-1-3-7-14/h1-8,11,16-17H,9-10,12H2,(H2,21,24)/t16-,17+/m1/s1. The zero-order chi connectivity index (χ0) is 18.3. The van der Waals surface area contributed by atoms with Gasteiger partial charge in [0.1, 0.15) is 6.04 Å². The fourth-order valence-electron chi connectivity index (χ4n) is 3.89. The van der Waals surface area contributed by atoms with Crippen molar-refractivity contribution in [1.29, 1.82) is 0 Å². The Morgan fingerprint density at radius 3 is 2.46 bits per heavy atom. The molecule has 0 saturated carbocycles. The molecule has 2 aromatic rings. The van der Waals surface area contributed by atoms with Crippen LogP contribution in [0.25, 0.3) is 0 Å². The smallest absolute Gasteiger partial charge is 0.328 e. The van der Waals surface area contributed by atoms with Gasteiger partial charge in [-0.25, -0.2) is 4.79 Å². The van der Waals surface area contributed by atoms with E-state index in [4.69, 9.17) is 5.73 Å². The van der Waals surface area contributed by atoms with Crippen molar-refractivity contribution in [1.82, 2.24) is 9.80 Å². The van der Waals surface area contributed by atoms with Crippen LogP contribution in [0.5, 0.6) is 0 Å². The van der Waals surface area contributed by atoms with Crippen LogP contribution in [0.1, 0.15) is 40.4 Å². The molecule has 0 aromatic heterocycles. The molecule has 26 heavy (non-hydrogen) atoms. The third-order valence-corrected chi connectivity index (χ3v) is 5.12. The molecule has 6 heteroatoms. The maximum Gasteiger partial charge on any atom is 0.328 e. The summed E-state index contributed by atoms with van der Waals surface area (Å²) in [7, 11) is 0. The number of fused-ring (bicyclic) bond motifs is 1. The quantitative estimate of drug-likeness (QED) is 0.861. The van der Waals surface area contributed by atoms with Crippen LogP contribution in [-0.4, -0.2) is 33.7 Å². The molecule has 0 unspecified atom stereocenters. The van der Waals surface area contributed by atoms with Crippen LogP contribution in [0.4, 0.5) is 4.79 Å². The minimum Gasteiger partial charge on any atom is -0.366 e. The molecule has 2 aliphatic heterocycles. The zero-order valence-electron chi connectivity index (χ0n) is 14.2. The van der Waals surface area contributed by atoms with Crippen LogP contribution in [0.2, 0.25) is 0 Å². The average molecular weight is 349 g/mol. The van der Waals surface area contributed by atoms with E-state index < -0.39 is 11.9 Å². The van der Waals surface area contributed by atoms with Crippen molar-refractivity contribution in [3.05, 3.63) is 71.3 Å². The summed E-state index contributed by atoms with van der Waals surface area (Å²) in [5.74, 6) is -0.700. The van der Waals surface area contributed by atoms with Gasteiger partial charge in [0.2, 0.25) is 5.91 Å². The summed E-state index contributed by atoms with van der Waals surface area (Å²) in [6, 6.07) is 15.8. The Labute approximate surface area is 151 Å². The minimum absolute atomic E-state index is 0.0698. The molecule has 4 rings (SSSR count). The predicted molar refractivity (Wildman–Crippen MR) is 94.9 cm³/mol. The molecule has 2 fully saturated rings. The van der Waals surface area contributed by atoms with Crippen molar-refractivity contribution in [2.45, 2.75) is 31.5 Å². The molecule has 2 saturated heterocycles. The first-order chi connectivity index (χ1) is 12.6. The Morgan fingerprint density at radius 2 is 1.73 bits per heavy atom. The number of hydrogen-bond acceptors (Lipinski definition) is 3. The lowest BCUT2D eigenvalue weighted by Gasteiger charge is -2.24. The summed E-state index contributed by atoms with van der Waals surface area (Å²) in [6.45, 7) is 0.146. The maximum absolute atomic E-state index is 12.9. The van der Waals surface area contributed by atoms with E-state index in [9.17, 15) is 14.4 Å². The number of carbonyl (C=O) groups excluding carboxylic acids is 3. The number of imide groups is 1. The van der Waals surface area contributed by atoms with E-state index in [-0.39, 0.29) is 24.5 Å². The molecule has 2 N–H and O–H groups in total. The van der Waals surface area contributed by atoms with Crippen molar-refractivity contribution in [3.8, 4) is 0 Å². The molecule has 0 bridgehead atoms. The van der Waals surface area contributed by atoms with Crippen LogP contribution in [0.15, 0.2) is 54.6 Å². The molecular formula is C20H19N3O3. The van der Waals surface area contributed by atoms with Gasteiger partial charge in [0, 0.05) is 5.56 Å². The van der Waals surface area contributed by atoms with Crippen LogP contribution < -0.4 is 5.73 Å². The van der Waals surface area contributed by atoms with E-state index in [0.717, 1.165) is 12.0 Å². The van der Waals surface area contributed by atoms with Gasteiger partial charge in [-0.05, 0) is 36.1 Å². The third-order valence-electron chi connectivity index (χ3n) is 5.12. The molecule has 6 nitrogen and oxygen atoms in total. The van der Waals surface area contributed by atoms with Gasteiger partial charge in [-0.2, -0.15) is 0 Å². The molecule has 132 valence electrons. The number of nitrogens with zero attached hydrogens (tertiary/aromatic N) is 2. The minimum atomic E-state index is -0.532. The Bertz CT molecular complexity index is 881. The molecule has 2 heterocycles. The van der Waals surface area contributed by atoms with E-state index >= 15 is 0 Å². The molecule has 0 spiro atoms. The van der Waals surface area contributed by atoms with Crippen LogP contribution in [-0.2, 0) is 11.3 Å². The van der Waals surface area contributed by atoms with E-state index in [1.165, 1.54) is 4.90 Å². The number of primary amides is 1. The lowest BCUT2D eigenvalue weighted by molar-refractivity contribution is -0.128. The monoisotopic (exact) mass is 349 g/mol. The van der Waals surface area contributed by atoms with Gasteiger partial charge in [0.05, 0.1) is 12.6 Å². The normalized spacial score (nSPS) is 22.0. The number of hydrogen-bond donors (Lipinski definition) is 1. The summed E-state index contributed by atoms with van der Waals surface area (Å²) in [5.41, 5.74) is 7.43. The first kappa shape index (κ1) is 16.3. The summed E-state index contributed by atoms with van der Waals surface area (Å²) >= 11 is 0. The Balaban J connectivity index is 1.58. The highest BCUT2D eigenvalue weighted by Gasteiger charge is 2.51. The van der Waals surface area contributed by atoms with Crippen LogP contribution >= 0.6 is 0 Å². The van der Waals surface area contributed by atoms with E-state index in [0.29, 0.717) is 17.5 Å². The number of urea groups is 1. The summed E-state index contributed by atoms with van der Waals surface area (Å²) in [5, 5.41) is 0. The largest absolute Gasteiger partial charge is 0.366 e. The molecule has 2 aliphatic rings. The fourth-order valence-corrected chi connectivity index (χ4v) is 3.89. The van der Waals surface area contributed by atoms with Crippen molar-refractivity contribution in [2.75, 3.05) is 0 Å². The Morgan fingerprint density at radius 1 is 1.00 bits per heavy atom.